The summed E-state index contributed by atoms with van der Waals surface area (Å²) < 4.78 is 0. The van der Waals surface area contributed by atoms with Crippen LogP contribution in [-0.2, 0) is 11.3 Å². The quantitative estimate of drug-likeness (QED) is 0.871. The minimum atomic E-state index is -0.932. The topological polar surface area (TPSA) is 65.8 Å². The Labute approximate surface area is 99.3 Å². The van der Waals surface area contributed by atoms with Crippen LogP contribution in [0.5, 0.6) is 0 Å². The Balaban J connectivity index is 2.61. The van der Waals surface area contributed by atoms with Gasteiger partial charge < -0.3 is 5.32 Å². The lowest BCUT2D eigenvalue weighted by Crippen LogP contribution is -2.37. The highest BCUT2D eigenvalue weighted by atomic mass is 32.1. The number of hydrogen-bond acceptors (Lipinski definition) is 4. The molecule has 0 aliphatic heterocycles. The molecule has 1 atom stereocenters. The second-order valence-corrected chi connectivity index (χ2v) is 4.78. The number of thiazole rings is 1. The number of rotatable bonds is 4. The largest absolute Gasteiger partial charge is 0.350 e. The first-order valence-corrected chi connectivity index (χ1v) is 6.00. The minimum absolute atomic E-state index is 0.217. The number of nitriles is 1. The van der Waals surface area contributed by atoms with Gasteiger partial charge in [0, 0.05) is 4.88 Å². The van der Waals surface area contributed by atoms with E-state index < -0.39 is 5.41 Å². The molecule has 0 aromatic carbocycles. The Morgan fingerprint density at radius 3 is 2.88 bits per heavy atom. The van der Waals surface area contributed by atoms with Gasteiger partial charge in [0.05, 0.1) is 23.8 Å². The summed E-state index contributed by atoms with van der Waals surface area (Å²) in [5.41, 5.74) is 1.75. The summed E-state index contributed by atoms with van der Waals surface area (Å²) in [7, 11) is 0. The number of hydrogen-bond donors (Lipinski definition) is 1. The fourth-order valence-corrected chi connectivity index (χ4v) is 1.86. The van der Waals surface area contributed by atoms with Crippen LogP contribution in [0.4, 0.5) is 0 Å². The highest BCUT2D eigenvalue weighted by Gasteiger charge is 2.30. The lowest BCUT2D eigenvalue weighted by molar-refractivity contribution is -0.127. The van der Waals surface area contributed by atoms with Crippen molar-refractivity contribution in [1.29, 1.82) is 5.26 Å². The second kappa shape index (κ2) is 5.08. The van der Waals surface area contributed by atoms with Crippen molar-refractivity contribution in [2.24, 2.45) is 5.41 Å². The number of nitrogens with one attached hydrogen (secondary N) is 1. The summed E-state index contributed by atoms with van der Waals surface area (Å²) in [5, 5.41) is 11.7. The van der Waals surface area contributed by atoms with Crippen LogP contribution in [0.3, 0.4) is 0 Å². The van der Waals surface area contributed by atoms with Crippen LogP contribution in [0.15, 0.2) is 5.51 Å². The first-order chi connectivity index (χ1) is 7.53. The van der Waals surface area contributed by atoms with Gasteiger partial charge in [0.2, 0.25) is 5.91 Å². The normalized spacial score (nSPS) is 13.9. The molecule has 4 nitrogen and oxygen atoms in total. The van der Waals surface area contributed by atoms with E-state index in [1.165, 1.54) is 11.3 Å². The second-order valence-electron chi connectivity index (χ2n) is 3.84. The first kappa shape index (κ1) is 12.7. The van der Waals surface area contributed by atoms with Gasteiger partial charge in [-0.1, -0.05) is 6.92 Å². The van der Waals surface area contributed by atoms with Crippen LogP contribution in [0.25, 0.3) is 0 Å². The molecule has 1 heterocycles. The number of aryl methyl sites for hydroxylation is 1. The number of carbonyl (C=O) groups excluding carboxylic acids is 1. The van der Waals surface area contributed by atoms with Gasteiger partial charge in [0.15, 0.2) is 0 Å². The number of carbonyl (C=O) groups is 1. The van der Waals surface area contributed by atoms with E-state index in [0.29, 0.717) is 13.0 Å². The molecule has 1 unspecified atom stereocenters. The standard InChI is InChI=1S/C11H15N3OS/c1-4-11(3,6-12)10(15)13-5-9-8(2)14-7-16-9/h7H,4-5H2,1-3H3,(H,13,15). The van der Waals surface area contributed by atoms with Gasteiger partial charge in [-0.15, -0.1) is 11.3 Å². The van der Waals surface area contributed by atoms with Gasteiger partial charge in [0.1, 0.15) is 5.41 Å². The summed E-state index contributed by atoms with van der Waals surface area (Å²) in [5.74, 6) is -0.217. The molecule has 1 aromatic heterocycles. The van der Waals surface area contributed by atoms with Gasteiger partial charge in [-0.05, 0) is 20.3 Å². The predicted octanol–water partition coefficient (Wildman–Crippen LogP) is 2.01. The third-order valence-corrected chi connectivity index (χ3v) is 3.64. The number of nitrogens with zero attached hydrogens (tertiary/aromatic N) is 2. The molecule has 0 aliphatic carbocycles. The minimum Gasteiger partial charge on any atom is -0.350 e. The maximum Gasteiger partial charge on any atom is 0.240 e. The van der Waals surface area contributed by atoms with Gasteiger partial charge >= 0.3 is 0 Å². The maximum atomic E-state index is 11.8. The van der Waals surface area contributed by atoms with Crippen molar-refractivity contribution >= 4 is 17.2 Å². The average Bonchev–Trinajstić information content (AvgIpc) is 2.70. The molecular formula is C11H15N3OS. The highest BCUT2D eigenvalue weighted by molar-refractivity contribution is 7.09. The fraction of sp³-hybridized carbons (Fsp3) is 0.545. The van der Waals surface area contributed by atoms with Crippen LogP contribution in [-0.4, -0.2) is 10.9 Å². The molecule has 1 N–H and O–H groups in total. The van der Waals surface area contributed by atoms with Crippen LogP contribution >= 0.6 is 11.3 Å². The lowest BCUT2D eigenvalue weighted by Gasteiger charge is -2.18. The van der Waals surface area contributed by atoms with Crippen molar-refractivity contribution < 1.29 is 4.79 Å². The average molecular weight is 237 g/mol. The molecule has 0 aliphatic rings. The molecule has 0 saturated heterocycles. The molecule has 1 aromatic rings. The molecule has 0 spiro atoms. The summed E-state index contributed by atoms with van der Waals surface area (Å²) in [6, 6.07) is 2.05. The van der Waals surface area contributed by atoms with E-state index in [4.69, 9.17) is 5.26 Å². The number of aromatic nitrogens is 1. The van der Waals surface area contributed by atoms with E-state index in [1.54, 1.807) is 12.4 Å². The molecule has 0 radical (unpaired) electrons. The van der Waals surface area contributed by atoms with Crippen LogP contribution in [0, 0.1) is 23.7 Å². The van der Waals surface area contributed by atoms with Crippen molar-refractivity contribution in [3.8, 4) is 6.07 Å². The van der Waals surface area contributed by atoms with Crippen molar-refractivity contribution in [3.05, 3.63) is 16.1 Å². The zero-order valence-corrected chi connectivity index (χ0v) is 10.5. The Morgan fingerprint density at radius 2 is 2.44 bits per heavy atom. The van der Waals surface area contributed by atoms with E-state index >= 15 is 0 Å². The van der Waals surface area contributed by atoms with Gasteiger partial charge in [-0.3, -0.25) is 4.79 Å². The molecule has 5 heteroatoms. The summed E-state index contributed by atoms with van der Waals surface area (Å²) in [4.78, 5) is 16.9. The summed E-state index contributed by atoms with van der Waals surface area (Å²) in [6.07, 6.45) is 0.511. The van der Waals surface area contributed by atoms with E-state index in [2.05, 4.69) is 10.3 Å². The zero-order chi connectivity index (χ0) is 12.2. The Morgan fingerprint density at radius 1 is 1.75 bits per heavy atom. The molecule has 0 bridgehead atoms. The van der Waals surface area contributed by atoms with Gasteiger partial charge in [-0.25, -0.2) is 4.98 Å². The molecule has 0 fully saturated rings. The third kappa shape index (κ3) is 2.58. The van der Waals surface area contributed by atoms with Crippen molar-refractivity contribution in [1.82, 2.24) is 10.3 Å². The molecule has 1 amide bonds. The van der Waals surface area contributed by atoms with Crippen LogP contribution < -0.4 is 5.32 Å². The highest BCUT2D eigenvalue weighted by Crippen LogP contribution is 2.20. The van der Waals surface area contributed by atoms with Crippen molar-refractivity contribution in [2.45, 2.75) is 33.7 Å². The summed E-state index contributed by atoms with van der Waals surface area (Å²) >= 11 is 1.51. The molecule has 1 rings (SSSR count). The SMILES string of the molecule is CCC(C)(C#N)C(=O)NCc1scnc1C. The van der Waals surface area contributed by atoms with Crippen LogP contribution in [0.1, 0.15) is 30.8 Å². The van der Waals surface area contributed by atoms with Crippen molar-refractivity contribution in [2.75, 3.05) is 0 Å². The zero-order valence-electron chi connectivity index (χ0n) is 9.70. The summed E-state index contributed by atoms with van der Waals surface area (Å²) in [6.45, 7) is 5.84. The maximum absolute atomic E-state index is 11.8. The molecule has 0 saturated carbocycles. The van der Waals surface area contributed by atoms with Gasteiger partial charge in [0.25, 0.3) is 0 Å². The Kier molecular flexibility index (Phi) is 4.02. The van der Waals surface area contributed by atoms with E-state index in [0.717, 1.165) is 10.6 Å². The van der Waals surface area contributed by atoms with Gasteiger partial charge in [-0.2, -0.15) is 5.26 Å². The lowest BCUT2D eigenvalue weighted by atomic mass is 9.88. The predicted molar refractivity (Wildman–Crippen MR) is 62.7 cm³/mol. The Bertz CT molecular complexity index is 421. The molecule has 86 valence electrons. The van der Waals surface area contributed by atoms with E-state index in [1.807, 2.05) is 19.9 Å². The number of amides is 1. The third-order valence-electron chi connectivity index (χ3n) is 2.71. The van der Waals surface area contributed by atoms with Crippen LogP contribution in [0.2, 0.25) is 0 Å². The van der Waals surface area contributed by atoms with Crippen molar-refractivity contribution in [3.63, 3.8) is 0 Å². The fourth-order valence-electron chi connectivity index (χ4n) is 1.14. The van der Waals surface area contributed by atoms with E-state index in [9.17, 15) is 4.79 Å². The smallest absolute Gasteiger partial charge is 0.240 e. The molecular weight excluding hydrogens is 222 g/mol. The van der Waals surface area contributed by atoms with E-state index in [-0.39, 0.29) is 5.91 Å². The molecule has 16 heavy (non-hydrogen) atoms. The Hall–Kier alpha value is -1.41. The first-order valence-electron chi connectivity index (χ1n) is 5.12. The monoisotopic (exact) mass is 237 g/mol.